The van der Waals surface area contributed by atoms with Gasteiger partial charge in [0.25, 0.3) is 5.91 Å². The number of aryl methyl sites for hydroxylation is 2. The second-order valence-corrected chi connectivity index (χ2v) is 8.42. The van der Waals surface area contributed by atoms with Gasteiger partial charge in [-0.25, -0.2) is 4.98 Å². The number of ether oxygens (including phenoxy) is 2. The van der Waals surface area contributed by atoms with E-state index in [-0.39, 0.29) is 17.7 Å². The zero-order chi connectivity index (χ0) is 22.0. The number of fused-ring (bicyclic) bond motifs is 1. The fourth-order valence-electron chi connectivity index (χ4n) is 3.60. The lowest BCUT2D eigenvalue weighted by atomic mass is 10.1. The normalized spacial score (nSPS) is 14.6. The summed E-state index contributed by atoms with van der Waals surface area (Å²) in [6.45, 7) is 1.98. The molecule has 7 nitrogen and oxygen atoms in total. The Balaban J connectivity index is 1.48. The average Bonchev–Trinajstić information content (AvgIpc) is 3.33. The molecule has 0 fully saturated rings. The van der Waals surface area contributed by atoms with Crippen LogP contribution in [0.25, 0.3) is 0 Å². The molecule has 3 aromatic rings. The number of rotatable bonds is 6. The highest BCUT2D eigenvalue weighted by molar-refractivity contribution is 7.16. The summed E-state index contributed by atoms with van der Waals surface area (Å²) in [5, 5.41) is 6.29. The number of methoxy groups -OCH3 is 2. The predicted molar refractivity (Wildman–Crippen MR) is 120 cm³/mol. The summed E-state index contributed by atoms with van der Waals surface area (Å²) in [4.78, 5) is 31.1. The third kappa shape index (κ3) is 4.54. The van der Waals surface area contributed by atoms with Crippen molar-refractivity contribution < 1.29 is 19.1 Å². The quantitative estimate of drug-likeness (QED) is 0.597. The number of hydrogen-bond acceptors (Lipinski definition) is 6. The van der Waals surface area contributed by atoms with E-state index >= 15 is 0 Å². The minimum Gasteiger partial charge on any atom is -0.497 e. The fraction of sp³-hybridized carbons (Fsp3) is 0.261. The number of nitrogens with zero attached hydrogens (tertiary/aromatic N) is 1. The van der Waals surface area contributed by atoms with E-state index in [1.54, 1.807) is 18.2 Å². The topological polar surface area (TPSA) is 89.6 Å². The van der Waals surface area contributed by atoms with Crippen LogP contribution < -0.4 is 20.1 Å². The average molecular weight is 438 g/mol. The fourth-order valence-corrected chi connectivity index (χ4v) is 4.63. The lowest BCUT2D eigenvalue weighted by Crippen LogP contribution is -2.20. The highest BCUT2D eigenvalue weighted by Gasteiger charge is 2.33. The maximum Gasteiger partial charge on any atom is 0.257 e. The first-order valence-electron chi connectivity index (χ1n) is 9.88. The summed E-state index contributed by atoms with van der Waals surface area (Å²) < 4.78 is 10.5. The highest BCUT2D eigenvalue weighted by atomic mass is 32.1. The van der Waals surface area contributed by atoms with E-state index in [4.69, 9.17) is 9.47 Å². The number of anilines is 2. The lowest BCUT2D eigenvalue weighted by molar-refractivity contribution is -0.117. The Bertz CT molecular complexity index is 1120. The molecule has 2 N–H and O–H groups in total. The van der Waals surface area contributed by atoms with Gasteiger partial charge in [0.1, 0.15) is 11.5 Å². The van der Waals surface area contributed by atoms with Gasteiger partial charge < -0.3 is 14.8 Å². The molecule has 1 aliphatic rings. The minimum absolute atomic E-state index is 0.0786. The summed E-state index contributed by atoms with van der Waals surface area (Å²) in [7, 11) is 3.06. The van der Waals surface area contributed by atoms with Gasteiger partial charge in [-0.05, 0) is 49.6 Å². The summed E-state index contributed by atoms with van der Waals surface area (Å²) >= 11 is 1.41. The molecular formula is C23H23N3O4S. The molecule has 0 saturated carbocycles. The van der Waals surface area contributed by atoms with Crippen LogP contribution >= 0.6 is 11.3 Å². The molecule has 1 heterocycles. The van der Waals surface area contributed by atoms with Gasteiger partial charge in [-0.15, -0.1) is 11.3 Å². The standard InChI is InChI=1S/C23H23N3O4S/c1-13-5-4-6-15(9-13)24-22(28)18-7-8-19-20(18)25-23(31-19)26-21(27)14-10-16(29-2)12-17(11-14)30-3/h4-6,9-12,18H,7-8H2,1-3H3,(H,24,28)(H,25,26,27). The first kappa shape index (κ1) is 20.9. The number of aromatic nitrogens is 1. The number of benzene rings is 2. The Kier molecular flexibility index (Phi) is 5.90. The van der Waals surface area contributed by atoms with E-state index < -0.39 is 0 Å². The van der Waals surface area contributed by atoms with Crippen LogP contribution in [0.1, 0.15) is 38.8 Å². The van der Waals surface area contributed by atoms with Gasteiger partial charge in [0, 0.05) is 22.2 Å². The molecule has 0 bridgehead atoms. The molecule has 1 atom stereocenters. The third-order valence-electron chi connectivity index (χ3n) is 5.15. The monoisotopic (exact) mass is 437 g/mol. The van der Waals surface area contributed by atoms with Crippen molar-refractivity contribution in [1.82, 2.24) is 4.98 Å². The Morgan fingerprint density at radius 1 is 1.06 bits per heavy atom. The van der Waals surface area contributed by atoms with E-state index in [0.717, 1.165) is 28.2 Å². The van der Waals surface area contributed by atoms with Crippen LogP contribution in [0.5, 0.6) is 11.5 Å². The van der Waals surface area contributed by atoms with Gasteiger partial charge in [-0.1, -0.05) is 12.1 Å². The second-order valence-electron chi connectivity index (χ2n) is 7.33. The minimum atomic E-state index is -0.325. The van der Waals surface area contributed by atoms with Crippen LogP contribution in [-0.2, 0) is 11.2 Å². The van der Waals surface area contributed by atoms with E-state index in [1.807, 2.05) is 31.2 Å². The Labute approximate surface area is 184 Å². The van der Waals surface area contributed by atoms with Crippen molar-refractivity contribution in [2.45, 2.75) is 25.7 Å². The van der Waals surface area contributed by atoms with Crippen LogP contribution in [-0.4, -0.2) is 31.0 Å². The third-order valence-corrected chi connectivity index (χ3v) is 6.20. The van der Waals surface area contributed by atoms with E-state index in [2.05, 4.69) is 15.6 Å². The molecule has 0 saturated heterocycles. The highest BCUT2D eigenvalue weighted by Crippen LogP contribution is 2.39. The molecule has 2 amide bonds. The molecular weight excluding hydrogens is 414 g/mol. The molecule has 4 rings (SSSR count). The van der Waals surface area contributed by atoms with Gasteiger partial charge in [-0.2, -0.15) is 0 Å². The predicted octanol–water partition coefficient (Wildman–Crippen LogP) is 4.39. The van der Waals surface area contributed by atoms with Crippen molar-refractivity contribution in [2.24, 2.45) is 0 Å². The largest absolute Gasteiger partial charge is 0.497 e. The number of nitrogens with one attached hydrogen (secondary N) is 2. The van der Waals surface area contributed by atoms with Gasteiger partial charge >= 0.3 is 0 Å². The molecule has 160 valence electrons. The van der Waals surface area contributed by atoms with Gasteiger partial charge in [0.15, 0.2) is 5.13 Å². The van der Waals surface area contributed by atoms with Crippen molar-refractivity contribution >= 4 is 34.0 Å². The van der Waals surface area contributed by atoms with Gasteiger partial charge in [-0.3, -0.25) is 14.9 Å². The van der Waals surface area contributed by atoms with Crippen LogP contribution in [0.2, 0.25) is 0 Å². The molecule has 31 heavy (non-hydrogen) atoms. The van der Waals surface area contributed by atoms with Crippen molar-refractivity contribution in [3.8, 4) is 11.5 Å². The maximum absolute atomic E-state index is 12.8. The van der Waals surface area contributed by atoms with Crippen LogP contribution in [0.4, 0.5) is 10.8 Å². The van der Waals surface area contributed by atoms with Crippen LogP contribution in [0, 0.1) is 6.92 Å². The van der Waals surface area contributed by atoms with Crippen molar-refractivity contribution in [3.63, 3.8) is 0 Å². The Hall–Kier alpha value is -3.39. The molecule has 1 aromatic heterocycles. The van der Waals surface area contributed by atoms with Crippen molar-refractivity contribution in [1.29, 1.82) is 0 Å². The zero-order valence-corrected chi connectivity index (χ0v) is 18.3. The van der Waals surface area contributed by atoms with Gasteiger partial charge in [0.2, 0.25) is 5.91 Å². The van der Waals surface area contributed by atoms with E-state index in [0.29, 0.717) is 28.6 Å². The van der Waals surface area contributed by atoms with Crippen LogP contribution in [0.15, 0.2) is 42.5 Å². The SMILES string of the molecule is COc1cc(OC)cc(C(=O)Nc2nc3c(s2)CCC3C(=O)Nc2cccc(C)c2)c1. The van der Waals surface area contributed by atoms with E-state index in [1.165, 1.54) is 25.6 Å². The first-order chi connectivity index (χ1) is 15.0. The number of carbonyl (C=O) groups excluding carboxylic acids is 2. The summed E-state index contributed by atoms with van der Waals surface area (Å²) in [5.74, 6) is 0.336. The number of hydrogen-bond donors (Lipinski definition) is 2. The number of thiazole rings is 1. The Morgan fingerprint density at radius 3 is 2.48 bits per heavy atom. The van der Waals surface area contributed by atoms with Crippen molar-refractivity contribution in [3.05, 3.63) is 64.2 Å². The van der Waals surface area contributed by atoms with Gasteiger partial charge in [0.05, 0.1) is 25.8 Å². The molecule has 0 aliphatic heterocycles. The summed E-state index contributed by atoms with van der Waals surface area (Å²) in [6.07, 6.45) is 1.48. The van der Waals surface area contributed by atoms with E-state index in [9.17, 15) is 9.59 Å². The Morgan fingerprint density at radius 2 is 1.81 bits per heavy atom. The van der Waals surface area contributed by atoms with Crippen molar-refractivity contribution in [2.75, 3.05) is 24.9 Å². The first-order valence-corrected chi connectivity index (χ1v) is 10.7. The molecule has 1 unspecified atom stereocenters. The lowest BCUT2D eigenvalue weighted by Gasteiger charge is -2.11. The number of amides is 2. The molecule has 8 heteroatoms. The molecule has 0 radical (unpaired) electrons. The summed E-state index contributed by atoms with van der Waals surface area (Å²) in [6, 6.07) is 12.7. The zero-order valence-electron chi connectivity index (χ0n) is 17.5. The maximum atomic E-state index is 12.8. The molecule has 2 aromatic carbocycles. The molecule has 1 aliphatic carbocycles. The second kappa shape index (κ2) is 8.77. The smallest absolute Gasteiger partial charge is 0.257 e. The molecule has 0 spiro atoms. The number of carbonyl (C=O) groups is 2. The van der Waals surface area contributed by atoms with Crippen LogP contribution in [0.3, 0.4) is 0 Å². The summed E-state index contributed by atoms with van der Waals surface area (Å²) in [5.41, 5.74) is 3.00.